The van der Waals surface area contributed by atoms with Crippen molar-refractivity contribution in [3.8, 4) is 11.8 Å². The van der Waals surface area contributed by atoms with Crippen LogP contribution in [0.15, 0.2) is 41.8 Å². The van der Waals surface area contributed by atoms with Crippen LogP contribution < -0.4 is 10.1 Å². The number of nitriles is 1. The fourth-order valence-electron chi connectivity index (χ4n) is 1.90. The molecule has 1 aromatic heterocycles. The second kappa shape index (κ2) is 7.46. The van der Waals surface area contributed by atoms with E-state index in [4.69, 9.17) is 4.74 Å². The maximum Gasteiger partial charge on any atom is 0.242 e. The number of benzene rings is 1. The Balaban J connectivity index is 2.07. The van der Waals surface area contributed by atoms with E-state index >= 15 is 0 Å². The molecule has 0 aliphatic rings. The summed E-state index contributed by atoms with van der Waals surface area (Å²) in [5.41, 5.74) is 0.593. The zero-order valence-corrected chi connectivity index (χ0v) is 12.5. The zero-order valence-electron chi connectivity index (χ0n) is 11.7. The number of carbonyl (C=O) groups is 1. The topological polar surface area (TPSA) is 62.1 Å². The van der Waals surface area contributed by atoms with E-state index in [9.17, 15) is 10.1 Å². The second-order valence-corrected chi connectivity index (χ2v) is 5.42. The summed E-state index contributed by atoms with van der Waals surface area (Å²) in [4.78, 5) is 13.3. The molecule has 0 aliphatic carbocycles. The number of para-hydroxylation sites is 2. The van der Waals surface area contributed by atoms with E-state index in [0.717, 1.165) is 4.88 Å². The summed E-state index contributed by atoms with van der Waals surface area (Å²) in [6.45, 7) is 2.40. The van der Waals surface area contributed by atoms with Gasteiger partial charge in [-0.1, -0.05) is 18.2 Å². The van der Waals surface area contributed by atoms with Crippen LogP contribution in [0.3, 0.4) is 0 Å². The van der Waals surface area contributed by atoms with E-state index < -0.39 is 5.92 Å². The third-order valence-corrected chi connectivity index (χ3v) is 3.80. The zero-order chi connectivity index (χ0) is 15.1. The SMILES string of the molecule is CCOc1ccccc1NC(=O)C(C#N)Cc1cccs1. The van der Waals surface area contributed by atoms with Crippen LogP contribution in [0.25, 0.3) is 0 Å². The minimum absolute atomic E-state index is 0.307. The Hall–Kier alpha value is -2.32. The van der Waals surface area contributed by atoms with Gasteiger partial charge in [0.2, 0.25) is 5.91 Å². The Morgan fingerprint density at radius 3 is 2.86 bits per heavy atom. The first-order chi connectivity index (χ1) is 10.2. The van der Waals surface area contributed by atoms with Gasteiger partial charge in [-0.2, -0.15) is 5.26 Å². The van der Waals surface area contributed by atoms with Crippen LogP contribution in [-0.2, 0) is 11.2 Å². The molecule has 0 aliphatic heterocycles. The molecule has 1 N–H and O–H groups in total. The highest BCUT2D eigenvalue weighted by atomic mass is 32.1. The standard InChI is InChI=1S/C16H16N2O2S/c1-2-20-15-8-4-3-7-14(15)18-16(19)12(11-17)10-13-6-5-9-21-13/h3-9,12H,2,10H2,1H3,(H,18,19). The molecule has 4 nitrogen and oxygen atoms in total. The molecular formula is C16H16N2O2S. The molecule has 108 valence electrons. The van der Waals surface area contributed by atoms with Crippen molar-refractivity contribution in [2.75, 3.05) is 11.9 Å². The number of ether oxygens (including phenoxy) is 1. The Labute approximate surface area is 128 Å². The first-order valence-electron chi connectivity index (χ1n) is 6.69. The van der Waals surface area contributed by atoms with Crippen LogP contribution in [-0.4, -0.2) is 12.5 Å². The van der Waals surface area contributed by atoms with E-state index in [-0.39, 0.29) is 5.91 Å². The number of anilines is 1. The average molecular weight is 300 g/mol. The lowest BCUT2D eigenvalue weighted by Gasteiger charge is -2.13. The molecular weight excluding hydrogens is 284 g/mol. The van der Waals surface area contributed by atoms with Gasteiger partial charge in [0.05, 0.1) is 18.4 Å². The molecule has 0 saturated heterocycles. The molecule has 0 spiro atoms. The number of nitrogens with one attached hydrogen (secondary N) is 1. The van der Waals surface area contributed by atoms with Gasteiger partial charge in [-0.05, 0) is 30.5 Å². The Morgan fingerprint density at radius 2 is 2.19 bits per heavy atom. The van der Waals surface area contributed by atoms with Gasteiger partial charge in [0.1, 0.15) is 11.7 Å². The van der Waals surface area contributed by atoms with Crippen molar-refractivity contribution in [1.29, 1.82) is 5.26 Å². The highest BCUT2D eigenvalue weighted by Gasteiger charge is 2.20. The summed E-state index contributed by atoms with van der Waals surface area (Å²) in [6, 6.07) is 13.1. The molecule has 5 heteroatoms. The fourth-order valence-corrected chi connectivity index (χ4v) is 2.65. The monoisotopic (exact) mass is 300 g/mol. The lowest BCUT2D eigenvalue weighted by Crippen LogP contribution is -2.23. The molecule has 2 rings (SSSR count). The van der Waals surface area contributed by atoms with E-state index in [1.807, 2.05) is 36.6 Å². The summed E-state index contributed by atoms with van der Waals surface area (Å²) >= 11 is 1.55. The molecule has 0 saturated carbocycles. The molecule has 1 heterocycles. The first kappa shape index (κ1) is 15.1. The second-order valence-electron chi connectivity index (χ2n) is 4.38. The van der Waals surface area contributed by atoms with Crippen LogP contribution in [0.4, 0.5) is 5.69 Å². The molecule has 21 heavy (non-hydrogen) atoms. The van der Waals surface area contributed by atoms with Crippen LogP contribution >= 0.6 is 11.3 Å². The van der Waals surface area contributed by atoms with Crippen molar-refractivity contribution in [3.05, 3.63) is 46.7 Å². The van der Waals surface area contributed by atoms with E-state index in [1.165, 1.54) is 0 Å². The van der Waals surface area contributed by atoms with Crippen molar-refractivity contribution in [3.63, 3.8) is 0 Å². The van der Waals surface area contributed by atoms with Gasteiger partial charge < -0.3 is 10.1 Å². The molecule has 1 atom stereocenters. The third-order valence-electron chi connectivity index (χ3n) is 2.90. The fraction of sp³-hybridized carbons (Fsp3) is 0.250. The molecule has 1 aromatic carbocycles. The van der Waals surface area contributed by atoms with Gasteiger partial charge in [-0.25, -0.2) is 0 Å². The number of hydrogen-bond acceptors (Lipinski definition) is 4. The van der Waals surface area contributed by atoms with Crippen LogP contribution in [0.2, 0.25) is 0 Å². The number of hydrogen-bond donors (Lipinski definition) is 1. The van der Waals surface area contributed by atoms with Gasteiger partial charge in [0.25, 0.3) is 0 Å². The Morgan fingerprint density at radius 1 is 1.38 bits per heavy atom. The van der Waals surface area contributed by atoms with Crippen molar-refractivity contribution in [2.24, 2.45) is 5.92 Å². The largest absolute Gasteiger partial charge is 0.492 e. The van der Waals surface area contributed by atoms with Crippen LogP contribution in [0.1, 0.15) is 11.8 Å². The smallest absolute Gasteiger partial charge is 0.242 e. The lowest BCUT2D eigenvalue weighted by atomic mass is 10.1. The molecule has 1 unspecified atom stereocenters. The van der Waals surface area contributed by atoms with E-state index in [0.29, 0.717) is 24.5 Å². The summed E-state index contributed by atoms with van der Waals surface area (Å²) in [5.74, 6) is -0.405. The minimum Gasteiger partial charge on any atom is -0.492 e. The van der Waals surface area contributed by atoms with Crippen molar-refractivity contribution >= 4 is 22.9 Å². The van der Waals surface area contributed by atoms with E-state index in [1.54, 1.807) is 23.5 Å². The van der Waals surface area contributed by atoms with Gasteiger partial charge >= 0.3 is 0 Å². The number of nitrogens with zero attached hydrogens (tertiary/aromatic N) is 1. The highest BCUT2D eigenvalue weighted by Crippen LogP contribution is 2.25. The summed E-state index contributed by atoms with van der Waals surface area (Å²) < 4.78 is 5.46. The van der Waals surface area contributed by atoms with Crippen molar-refractivity contribution < 1.29 is 9.53 Å². The first-order valence-corrected chi connectivity index (χ1v) is 7.57. The van der Waals surface area contributed by atoms with Crippen LogP contribution in [0.5, 0.6) is 5.75 Å². The van der Waals surface area contributed by atoms with Crippen LogP contribution in [0, 0.1) is 17.2 Å². The Kier molecular flexibility index (Phi) is 5.35. The number of rotatable bonds is 6. The molecule has 1 amide bonds. The predicted molar refractivity (Wildman–Crippen MR) is 83.4 cm³/mol. The summed E-state index contributed by atoms with van der Waals surface area (Å²) in [7, 11) is 0. The highest BCUT2D eigenvalue weighted by molar-refractivity contribution is 7.09. The Bertz CT molecular complexity index is 632. The molecule has 0 radical (unpaired) electrons. The predicted octanol–water partition coefficient (Wildman–Crippen LogP) is 3.47. The normalized spacial score (nSPS) is 11.4. The van der Waals surface area contributed by atoms with Gasteiger partial charge in [0, 0.05) is 11.3 Å². The maximum absolute atomic E-state index is 12.2. The van der Waals surface area contributed by atoms with E-state index in [2.05, 4.69) is 11.4 Å². The summed E-state index contributed by atoms with van der Waals surface area (Å²) in [6.07, 6.45) is 0.427. The minimum atomic E-state index is -0.710. The van der Waals surface area contributed by atoms with Gasteiger partial charge in [0.15, 0.2) is 0 Å². The molecule has 0 bridgehead atoms. The lowest BCUT2D eigenvalue weighted by molar-refractivity contribution is -0.118. The third kappa shape index (κ3) is 4.07. The van der Waals surface area contributed by atoms with Crippen molar-refractivity contribution in [2.45, 2.75) is 13.3 Å². The van der Waals surface area contributed by atoms with Gasteiger partial charge in [-0.3, -0.25) is 4.79 Å². The van der Waals surface area contributed by atoms with Gasteiger partial charge in [-0.15, -0.1) is 11.3 Å². The average Bonchev–Trinajstić information content (AvgIpc) is 3.00. The maximum atomic E-state index is 12.2. The summed E-state index contributed by atoms with van der Waals surface area (Å²) in [5, 5.41) is 13.9. The number of thiophene rings is 1. The van der Waals surface area contributed by atoms with Crippen molar-refractivity contribution in [1.82, 2.24) is 0 Å². The molecule has 2 aromatic rings. The number of carbonyl (C=O) groups excluding carboxylic acids is 1. The quantitative estimate of drug-likeness (QED) is 0.888. The number of amides is 1. The molecule has 0 fully saturated rings.